The Labute approximate surface area is 87.2 Å². The average molecular weight is 195 g/mol. The van der Waals surface area contributed by atoms with E-state index in [0.29, 0.717) is 0 Å². The monoisotopic (exact) mass is 195 g/mol. The van der Waals surface area contributed by atoms with Gasteiger partial charge in [0.15, 0.2) is 5.88 Å². The van der Waals surface area contributed by atoms with Crippen molar-refractivity contribution in [2.24, 2.45) is 5.41 Å². The predicted octanol–water partition coefficient (Wildman–Crippen LogP) is 2.78. The fourth-order valence-electron chi connectivity index (χ4n) is 1.55. The third kappa shape index (κ3) is 2.53. The maximum Gasteiger partial charge on any atom is 0.182 e. The quantitative estimate of drug-likeness (QED) is 0.507. The molecule has 0 unspecified atom stereocenters. The Balaban J connectivity index is 2.41. The van der Waals surface area contributed by atoms with Crippen molar-refractivity contribution in [3.63, 3.8) is 0 Å². The molecule has 80 valence electrons. The van der Waals surface area contributed by atoms with E-state index in [4.69, 9.17) is 4.74 Å². The maximum absolute atomic E-state index is 5.68. The number of likely N-dealkylation sites (tertiary alicyclic amines) is 1. The Morgan fingerprint density at radius 2 is 1.93 bits per heavy atom. The molecule has 0 bridgehead atoms. The summed E-state index contributed by atoms with van der Waals surface area (Å²) in [5.74, 6) is 0.775. The summed E-state index contributed by atoms with van der Waals surface area (Å²) in [4.78, 5) is 2.15. The SMILES string of the molecule is C=CC1(C)CN(C(=C)OC(C)(C)C)C1. The lowest BCUT2D eigenvalue weighted by Gasteiger charge is -2.48. The summed E-state index contributed by atoms with van der Waals surface area (Å²) < 4.78 is 5.68. The van der Waals surface area contributed by atoms with Crippen LogP contribution in [0.3, 0.4) is 0 Å². The van der Waals surface area contributed by atoms with E-state index in [2.05, 4.69) is 25.0 Å². The molecule has 0 N–H and O–H groups in total. The minimum absolute atomic E-state index is 0.156. The van der Waals surface area contributed by atoms with E-state index in [1.165, 1.54) is 0 Å². The van der Waals surface area contributed by atoms with Crippen molar-refractivity contribution >= 4 is 0 Å². The van der Waals surface area contributed by atoms with Crippen LogP contribution >= 0.6 is 0 Å². The van der Waals surface area contributed by atoms with E-state index in [0.717, 1.165) is 19.0 Å². The molecule has 0 aromatic carbocycles. The highest BCUT2D eigenvalue weighted by Gasteiger charge is 2.37. The third-order valence-corrected chi connectivity index (χ3v) is 2.37. The van der Waals surface area contributed by atoms with Crippen LogP contribution in [0.5, 0.6) is 0 Å². The first kappa shape index (κ1) is 11.2. The van der Waals surface area contributed by atoms with Crippen LogP contribution in [0.15, 0.2) is 25.1 Å². The van der Waals surface area contributed by atoms with Gasteiger partial charge in [0, 0.05) is 18.5 Å². The molecule has 0 atom stereocenters. The minimum atomic E-state index is -0.156. The number of ether oxygens (including phenoxy) is 1. The van der Waals surface area contributed by atoms with Gasteiger partial charge >= 0.3 is 0 Å². The Bertz CT molecular complexity index is 244. The molecule has 0 aromatic rings. The molecule has 0 aliphatic carbocycles. The molecule has 2 heteroatoms. The Morgan fingerprint density at radius 1 is 1.43 bits per heavy atom. The number of nitrogens with zero attached hydrogens (tertiary/aromatic N) is 1. The van der Waals surface area contributed by atoms with Crippen molar-refractivity contribution in [3.8, 4) is 0 Å². The number of rotatable bonds is 3. The molecule has 1 heterocycles. The van der Waals surface area contributed by atoms with Gasteiger partial charge in [0.05, 0.1) is 0 Å². The van der Waals surface area contributed by atoms with E-state index in [9.17, 15) is 0 Å². The first-order valence-corrected chi connectivity index (χ1v) is 5.02. The molecule has 1 rings (SSSR count). The van der Waals surface area contributed by atoms with Crippen molar-refractivity contribution in [2.75, 3.05) is 13.1 Å². The molecule has 0 aromatic heterocycles. The van der Waals surface area contributed by atoms with Gasteiger partial charge in [0.2, 0.25) is 0 Å². The predicted molar refractivity (Wildman–Crippen MR) is 59.9 cm³/mol. The molecule has 0 amide bonds. The van der Waals surface area contributed by atoms with Gasteiger partial charge < -0.3 is 9.64 Å². The average Bonchev–Trinajstić information content (AvgIpc) is 1.95. The van der Waals surface area contributed by atoms with E-state index >= 15 is 0 Å². The van der Waals surface area contributed by atoms with E-state index in [1.54, 1.807) is 0 Å². The highest BCUT2D eigenvalue weighted by molar-refractivity contribution is 5.08. The minimum Gasteiger partial charge on any atom is -0.474 e. The lowest BCUT2D eigenvalue weighted by atomic mass is 9.82. The Kier molecular flexibility index (Phi) is 2.66. The van der Waals surface area contributed by atoms with Gasteiger partial charge in [-0.25, -0.2) is 0 Å². The van der Waals surface area contributed by atoms with Crippen LogP contribution in [0.25, 0.3) is 0 Å². The van der Waals surface area contributed by atoms with E-state index in [1.807, 2.05) is 26.8 Å². The van der Waals surface area contributed by atoms with Crippen LogP contribution in [0.4, 0.5) is 0 Å². The van der Waals surface area contributed by atoms with Crippen molar-refractivity contribution in [1.29, 1.82) is 0 Å². The van der Waals surface area contributed by atoms with Gasteiger partial charge in [-0.15, -0.1) is 6.58 Å². The lowest BCUT2D eigenvalue weighted by molar-refractivity contribution is -0.0440. The van der Waals surface area contributed by atoms with Crippen LogP contribution < -0.4 is 0 Å². The first-order chi connectivity index (χ1) is 6.26. The maximum atomic E-state index is 5.68. The first-order valence-electron chi connectivity index (χ1n) is 5.02. The summed E-state index contributed by atoms with van der Waals surface area (Å²) in [7, 11) is 0. The van der Waals surface area contributed by atoms with Gasteiger partial charge in [-0.05, 0) is 27.4 Å². The Hall–Kier alpha value is -0.920. The lowest BCUT2D eigenvalue weighted by Crippen LogP contribution is -2.53. The normalized spacial score (nSPS) is 19.9. The van der Waals surface area contributed by atoms with Crippen molar-refractivity contribution < 1.29 is 4.74 Å². The fraction of sp³-hybridized carbons (Fsp3) is 0.667. The van der Waals surface area contributed by atoms with Crippen LogP contribution in [-0.4, -0.2) is 23.6 Å². The highest BCUT2D eigenvalue weighted by Crippen LogP contribution is 2.34. The van der Waals surface area contributed by atoms with Gasteiger partial charge in [-0.2, -0.15) is 0 Å². The molecule has 1 fully saturated rings. The summed E-state index contributed by atoms with van der Waals surface area (Å²) in [5, 5.41) is 0. The van der Waals surface area contributed by atoms with Crippen molar-refractivity contribution in [1.82, 2.24) is 4.90 Å². The molecule has 1 saturated heterocycles. The molecule has 1 aliphatic heterocycles. The van der Waals surface area contributed by atoms with Gasteiger partial charge in [0.1, 0.15) is 5.60 Å². The molecule has 0 radical (unpaired) electrons. The zero-order valence-corrected chi connectivity index (χ0v) is 9.76. The van der Waals surface area contributed by atoms with Gasteiger partial charge in [0.25, 0.3) is 0 Å². The Morgan fingerprint density at radius 3 is 2.29 bits per heavy atom. The molecule has 0 saturated carbocycles. The van der Waals surface area contributed by atoms with Crippen molar-refractivity contribution in [2.45, 2.75) is 33.3 Å². The van der Waals surface area contributed by atoms with Crippen LogP contribution in [0.2, 0.25) is 0 Å². The highest BCUT2D eigenvalue weighted by atomic mass is 16.5. The van der Waals surface area contributed by atoms with Crippen molar-refractivity contribution in [3.05, 3.63) is 25.1 Å². The fourth-order valence-corrected chi connectivity index (χ4v) is 1.55. The van der Waals surface area contributed by atoms with Gasteiger partial charge in [-0.3, -0.25) is 0 Å². The zero-order valence-electron chi connectivity index (χ0n) is 9.76. The molecular formula is C12H21NO. The van der Waals surface area contributed by atoms with Crippen LogP contribution in [-0.2, 0) is 4.74 Å². The molecule has 2 nitrogen and oxygen atoms in total. The van der Waals surface area contributed by atoms with Gasteiger partial charge in [-0.1, -0.05) is 13.0 Å². The number of hydrogen-bond donors (Lipinski definition) is 0. The standard InChI is InChI=1S/C12H21NO/c1-7-12(6)8-13(9-12)10(2)14-11(3,4)5/h7H,1-2,8-9H2,3-6H3. The summed E-state index contributed by atoms with van der Waals surface area (Å²) >= 11 is 0. The second-order valence-electron chi connectivity index (χ2n) is 5.32. The summed E-state index contributed by atoms with van der Waals surface area (Å²) in [6.07, 6.45) is 2.01. The van der Waals surface area contributed by atoms with Crippen LogP contribution in [0, 0.1) is 5.41 Å². The topological polar surface area (TPSA) is 12.5 Å². The summed E-state index contributed by atoms with van der Waals surface area (Å²) in [6, 6.07) is 0. The second-order valence-corrected chi connectivity index (χ2v) is 5.32. The second kappa shape index (κ2) is 3.34. The largest absolute Gasteiger partial charge is 0.474 e. The third-order valence-electron chi connectivity index (χ3n) is 2.37. The van der Waals surface area contributed by atoms with E-state index in [-0.39, 0.29) is 11.0 Å². The smallest absolute Gasteiger partial charge is 0.182 e. The van der Waals surface area contributed by atoms with E-state index < -0.39 is 0 Å². The molecular weight excluding hydrogens is 174 g/mol. The summed E-state index contributed by atoms with van der Waals surface area (Å²) in [5.41, 5.74) is 0.0848. The molecule has 0 spiro atoms. The zero-order chi connectivity index (χ0) is 11.0. The number of hydrogen-bond acceptors (Lipinski definition) is 2. The molecule has 1 aliphatic rings. The van der Waals surface area contributed by atoms with Crippen LogP contribution in [0.1, 0.15) is 27.7 Å². The summed E-state index contributed by atoms with van der Waals surface area (Å²) in [6.45, 7) is 18.0. The molecule has 14 heavy (non-hydrogen) atoms.